The minimum absolute atomic E-state index is 0.175. The number of fused-ring (bicyclic) bond motifs is 1. The van der Waals surface area contributed by atoms with Crippen LogP contribution in [0.4, 0.5) is 0 Å². The predicted octanol–water partition coefficient (Wildman–Crippen LogP) is 4.86. The lowest BCUT2D eigenvalue weighted by Gasteiger charge is -2.20. The van der Waals surface area contributed by atoms with E-state index in [0.29, 0.717) is 13.0 Å². The summed E-state index contributed by atoms with van der Waals surface area (Å²) < 4.78 is 21.6. The van der Waals surface area contributed by atoms with Crippen LogP contribution in [0.5, 0.6) is 11.5 Å². The molecule has 5 rings (SSSR count). The molecule has 32 heavy (non-hydrogen) atoms. The first-order valence-electron chi connectivity index (χ1n) is 10.5. The Kier molecular flexibility index (Phi) is 5.97. The number of benzene rings is 2. The summed E-state index contributed by atoms with van der Waals surface area (Å²) in [6.07, 6.45) is 3.29. The summed E-state index contributed by atoms with van der Waals surface area (Å²) in [5.41, 5.74) is 3.91. The molecule has 164 valence electrons. The molecule has 0 unspecified atom stereocenters. The summed E-state index contributed by atoms with van der Waals surface area (Å²) in [5.74, 6) is 1.63. The van der Waals surface area contributed by atoms with Crippen LogP contribution in [0.1, 0.15) is 23.8 Å². The van der Waals surface area contributed by atoms with E-state index in [1.807, 2.05) is 53.1 Å². The normalized spacial score (nSPS) is 20.5. The second-order valence-corrected chi connectivity index (χ2v) is 8.97. The van der Waals surface area contributed by atoms with Crippen molar-refractivity contribution in [2.24, 2.45) is 0 Å². The molecule has 1 fully saturated rings. The number of halogens is 1. The van der Waals surface area contributed by atoms with Gasteiger partial charge in [-0.15, -0.1) is 0 Å². The van der Waals surface area contributed by atoms with Gasteiger partial charge in [-0.2, -0.15) is 0 Å². The fraction of sp³-hybridized carbons (Fsp3) is 0.292. The smallest absolute Gasteiger partial charge is 0.166 e. The molecular weight excluding hydrogens is 519 g/mol. The van der Waals surface area contributed by atoms with Crippen molar-refractivity contribution in [2.75, 3.05) is 6.61 Å². The number of rotatable bonds is 6. The number of aromatic nitrogens is 4. The molecule has 1 aliphatic rings. The molecule has 4 aromatic rings. The highest BCUT2D eigenvalue weighted by atomic mass is 127. The van der Waals surface area contributed by atoms with E-state index in [0.717, 1.165) is 26.4 Å². The van der Waals surface area contributed by atoms with Crippen LogP contribution in [0.15, 0.2) is 61.2 Å². The van der Waals surface area contributed by atoms with Gasteiger partial charge in [-0.05, 0) is 60.7 Å². The lowest BCUT2D eigenvalue weighted by atomic mass is 10.1. The summed E-state index contributed by atoms with van der Waals surface area (Å²) in [7, 11) is 0. The molecule has 2 aromatic carbocycles. The van der Waals surface area contributed by atoms with Crippen LogP contribution in [0, 0.1) is 17.5 Å². The van der Waals surface area contributed by atoms with Crippen LogP contribution in [0.25, 0.3) is 11.2 Å². The highest BCUT2D eigenvalue weighted by molar-refractivity contribution is 14.1. The van der Waals surface area contributed by atoms with Gasteiger partial charge in [-0.3, -0.25) is 4.57 Å². The Balaban J connectivity index is 1.38. The largest absolute Gasteiger partial charge is 0.491 e. The lowest BCUT2D eigenvalue weighted by Crippen LogP contribution is -2.32. The lowest BCUT2D eigenvalue weighted by molar-refractivity contribution is -0.0341. The predicted molar refractivity (Wildman–Crippen MR) is 129 cm³/mol. The highest BCUT2D eigenvalue weighted by Crippen LogP contribution is 2.34. The molecule has 2 aromatic heterocycles. The molecule has 0 N–H and O–H groups in total. The van der Waals surface area contributed by atoms with Gasteiger partial charge in [0.05, 0.1) is 6.33 Å². The van der Waals surface area contributed by atoms with Crippen LogP contribution in [0.3, 0.4) is 0 Å². The van der Waals surface area contributed by atoms with Crippen molar-refractivity contribution in [3.8, 4) is 11.5 Å². The third-order valence-electron chi connectivity index (χ3n) is 5.55. The van der Waals surface area contributed by atoms with Crippen molar-refractivity contribution in [1.29, 1.82) is 0 Å². The summed E-state index contributed by atoms with van der Waals surface area (Å²) in [5, 5.41) is 0. The zero-order valence-corrected chi connectivity index (χ0v) is 20.0. The van der Waals surface area contributed by atoms with Gasteiger partial charge in [-0.25, -0.2) is 15.0 Å². The monoisotopic (exact) mass is 542 g/mol. The average Bonchev–Trinajstić information content (AvgIpc) is 3.40. The van der Waals surface area contributed by atoms with Crippen LogP contribution in [0.2, 0.25) is 0 Å². The Morgan fingerprint density at radius 3 is 2.38 bits per heavy atom. The maximum absolute atomic E-state index is 6.42. The summed E-state index contributed by atoms with van der Waals surface area (Å²) in [6, 6.07) is 16.1. The molecule has 1 aliphatic heterocycles. The highest BCUT2D eigenvalue weighted by Gasteiger charge is 2.39. The molecular formula is C24H23IN4O3. The van der Waals surface area contributed by atoms with E-state index in [9.17, 15) is 0 Å². The van der Waals surface area contributed by atoms with E-state index in [2.05, 4.69) is 51.4 Å². The van der Waals surface area contributed by atoms with Crippen LogP contribution >= 0.6 is 22.6 Å². The molecule has 0 saturated carbocycles. The van der Waals surface area contributed by atoms with E-state index in [1.54, 1.807) is 12.7 Å². The van der Waals surface area contributed by atoms with Crippen molar-refractivity contribution in [3.05, 3.63) is 76.0 Å². The van der Waals surface area contributed by atoms with E-state index in [4.69, 9.17) is 14.2 Å². The molecule has 0 bridgehead atoms. The molecule has 1 saturated heterocycles. The van der Waals surface area contributed by atoms with Crippen molar-refractivity contribution in [1.82, 2.24) is 19.5 Å². The van der Waals surface area contributed by atoms with Gasteiger partial charge >= 0.3 is 0 Å². The van der Waals surface area contributed by atoms with Gasteiger partial charge in [0.1, 0.15) is 52.1 Å². The minimum Gasteiger partial charge on any atom is -0.491 e. The SMILES string of the molecule is Cc1ccc(OC[C@H]2O[C@@H](n3cnc4c(I)ncnc43)C[C@@H]2Oc2ccc(C)cc2)cc1. The fourth-order valence-corrected chi connectivity index (χ4v) is 4.29. The van der Waals surface area contributed by atoms with Gasteiger partial charge in [-0.1, -0.05) is 35.4 Å². The molecule has 3 atom stereocenters. The van der Waals surface area contributed by atoms with E-state index < -0.39 is 0 Å². The zero-order chi connectivity index (χ0) is 22.1. The maximum Gasteiger partial charge on any atom is 0.166 e. The van der Waals surface area contributed by atoms with Gasteiger partial charge in [0.2, 0.25) is 0 Å². The fourth-order valence-electron chi connectivity index (χ4n) is 3.78. The Labute approximate surface area is 199 Å². The third kappa shape index (κ3) is 4.42. The summed E-state index contributed by atoms with van der Waals surface area (Å²) in [4.78, 5) is 13.1. The van der Waals surface area contributed by atoms with Crippen molar-refractivity contribution < 1.29 is 14.2 Å². The molecule has 8 heteroatoms. The van der Waals surface area contributed by atoms with Crippen LogP contribution in [-0.2, 0) is 4.74 Å². The molecule has 0 spiro atoms. The first-order chi connectivity index (χ1) is 15.6. The van der Waals surface area contributed by atoms with Crippen LogP contribution in [-0.4, -0.2) is 38.3 Å². The van der Waals surface area contributed by atoms with Gasteiger partial charge < -0.3 is 14.2 Å². The minimum atomic E-state index is -0.257. The second-order valence-electron chi connectivity index (χ2n) is 7.95. The van der Waals surface area contributed by atoms with Crippen molar-refractivity contribution in [3.63, 3.8) is 0 Å². The Hall–Kier alpha value is -2.72. The number of ether oxygens (including phenoxy) is 3. The summed E-state index contributed by atoms with van der Waals surface area (Å²) in [6.45, 7) is 4.50. The molecule has 7 nitrogen and oxygen atoms in total. The van der Waals surface area contributed by atoms with Gasteiger partial charge in [0.15, 0.2) is 5.65 Å². The van der Waals surface area contributed by atoms with Gasteiger partial charge in [0.25, 0.3) is 0 Å². The average molecular weight is 542 g/mol. The Morgan fingerprint density at radius 1 is 0.969 bits per heavy atom. The third-order valence-corrected chi connectivity index (χ3v) is 6.34. The number of hydrogen-bond donors (Lipinski definition) is 0. The first-order valence-corrected chi connectivity index (χ1v) is 11.6. The van der Waals surface area contributed by atoms with Crippen LogP contribution < -0.4 is 9.47 Å². The standard InChI is InChI=1S/C24H23IN4O3/c1-15-3-7-17(8-4-15)30-12-20-19(31-18-9-5-16(2)6-10-18)11-21(32-20)29-14-28-22-23(25)26-13-27-24(22)29/h3-10,13-14,19-21H,11-12H2,1-2H3/t19-,20+,21+/m0/s1. The molecule has 0 aliphatic carbocycles. The Bertz CT molecular complexity index is 1210. The Morgan fingerprint density at radius 2 is 1.66 bits per heavy atom. The van der Waals surface area contributed by atoms with Gasteiger partial charge in [0, 0.05) is 6.42 Å². The van der Waals surface area contributed by atoms with E-state index >= 15 is 0 Å². The number of imidazole rings is 1. The molecule has 3 heterocycles. The van der Waals surface area contributed by atoms with Crippen molar-refractivity contribution >= 4 is 33.8 Å². The molecule has 0 amide bonds. The van der Waals surface area contributed by atoms with E-state index in [-0.39, 0.29) is 18.4 Å². The quantitative estimate of drug-likeness (QED) is 0.256. The number of nitrogens with zero attached hydrogens (tertiary/aromatic N) is 4. The zero-order valence-electron chi connectivity index (χ0n) is 17.8. The number of aryl methyl sites for hydroxylation is 2. The number of hydrogen-bond acceptors (Lipinski definition) is 6. The first kappa shape index (κ1) is 21.1. The van der Waals surface area contributed by atoms with E-state index in [1.165, 1.54) is 11.1 Å². The summed E-state index contributed by atoms with van der Waals surface area (Å²) >= 11 is 2.17. The molecule has 0 radical (unpaired) electrons. The maximum atomic E-state index is 6.42. The second kappa shape index (κ2) is 9.03. The topological polar surface area (TPSA) is 71.3 Å². The van der Waals surface area contributed by atoms with Crippen molar-refractivity contribution in [2.45, 2.75) is 38.7 Å².